The molecule has 1 saturated carbocycles. The highest BCUT2D eigenvalue weighted by Gasteiger charge is 2.24. The van der Waals surface area contributed by atoms with Crippen LogP contribution in [0.1, 0.15) is 51.4 Å². The molecule has 0 radical (unpaired) electrons. The van der Waals surface area contributed by atoms with Gasteiger partial charge in [0, 0.05) is 24.6 Å². The van der Waals surface area contributed by atoms with Crippen LogP contribution >= 0.6 is 0 Å². The molecule has 1 heterocycles. The van der Waals surface area contributed by atoms with Gasteiger partial charge in [-0.15, -0.1) is 0 Å². The van der Waals surface area contributed by atoms with E-state index in [9.17, 15) is 9.59 Å². The summed E-state index contributed by atoms with van der Waals surface area (Å²) in [6, 6.07) is 5.54. The van der Waals surface area contributed by atoms with E-state index in [1.807, 2.05) is 18.2 Å². The summed E-state index contributed by atoms with van der Waals surface area (Å²) in [5.74, 6) is 0.993. The van der Waals surface area contributed by atoms with Crippen molar-refractivity contribution in [2.24, 2.45) is 5.92 Å². The summed E-state index contributed by atoms with van der Waals surface area (Å²) in [5.41, 5.74) is 1.49. The molecule has 0 spiro atoms. The Morgan fingerprint density at radius 2 is 1.96 bits per heavy atom. The van der Waals surface area contributed by atoms with Crippen molar-refractivity contribution < 1.29 is 14.3 Å². The summed E-state index contributed by atoms with van der Waals surface area (Å²) < 4.78 is 5.42. The first-order valence-electron chi connectivity index (χ1n) is 8.98. The third-order valence-corrected chi connectivity index (χ3v) is 5.04. The minimum Gasteiger partial charge on any atom is -0.495 e. The molecular weight excluding hydrogens is 304 g/mol. The molecule has 1 saturated heterocycles. The topological polar surface area (TPSA) is 58.6 Å². The lowest BCUT2D eigenvalue weighted by Gasteiger charge is -2.28. The van der Waals surface area contributed by atoms with Gasteiger partial charge in [0.25, 0.3) is 0 Å². The van der Waals surface area contributed by atoms with Crippen LogP contribution in [0.2, 0.25) is 0 Å². The molecule has 3 rings (SSSR count). The van der Waals surface area contributed by atoms with E-state index in [0.717, 1.165) is 49.9 Å². The number of carbonyl (C=O) groups excluding carboxylic acids is 2. The lowest BCUT2D eigenvalue weighted by atomic mass is 9.88. The number of rotatable bonds is 4. The van der Waals surface area contributed by atoms with Gasteiger partial charge in [0.05, 0.1) is 12.8 Å². The molecule has 1 aromatic rings. The number of nitrogens with one attached hydrogen (secondary N) is 1. The molecule has 0 atom stereocenters. The highest BCUT2D eigenvalue weighted by molar-refractivity contribution is 5.98. The fourth-order valence-electron chi connectivity index (χ4n) is 3.65. The summed E-state index contributed by atoms with van der Waals surface area (Å²) in [6.07, 6.45) is 7.94. The minimum absolute atomic E-state index is 0.0933. The largest absolute Gasteiger partial charge is 0.495 e. The summed E-state index contributed by atoms with van der Waals surface area (Å²) >= 11 is 0. The standard InChI is InChI=1S/C19H26N2O3/c1-24-17-11-10-15(20-19(23)14-7-3-2-4-8-14)13-16(17)21-12-6-5-9-18(21)22/h10-11,13-14H,2-9,12H2,1H3,(H,20,23). The normalized spacial score (nSPS) is 19.2. The summed E-state index contributed by atoms with van der Waals surface area (Å²) in [5, 5.41) is 3.02. The Balaban J connectivity index is 1.78. The minimum atomic E-state index is 0.0933. The van der Waals surface area contributed by atoms with Crippen molar-refractivity contribution in [3.63, 3.8) is 0 Å². The molecule has 5 heteroatoms. The Bertz CT molecular complexity index is 609. The van der Waals surface area contributed by atoms with Crippen LogP contribution in [0.3, 0.4) is 0 Å². The molecule has 0 aromatic heterocycles. The maximum Gasteiger partial charge on any atom is 0.227 e. The van der Waals surface area contributed by atoms with E-state index in [2.05, 4.69) is 5.32 Å². The zero-order valence-electron chi connectivity index (χ0n) is 14.3. The Hall–Kier alpha value is -2.04. The number of benzene rings is 1. The predicted molar refractivity (Wildman–Crippen MR) is 94.4 cm³/mol. The zero-order chi connectivity index (χ0) is 16.9. The molecule has 130 valence electrons. The van der Waals surface area contributed by atoms with Crippen molar-refractivity contribution in [3.8, 4) is 5.75 Å². The molecule has 1 N–H and O–H groups in total. The highest BCUT2D eigenvalue weighted by atomic mass is 16.5. The SMILES string of the molecule is COc1ccc(NC(=O)C2CCCCC2)cc1N1CCCCC1=O. The van der Waals surface area contributed by atoms with Gasteiger partial charge in [-0.1, -0.05) is 19.3 Å². The van der Waals surface area contributed by atoms with Crippen LogP contribution in [0.4, 0.5) is 11.4 Å². The van der Waals surface area contributed by atoms with Crippen LogP contribution in [0.25, 0.3) is 0 Å². The maximum atomic E-state index is 12.5. The molecule has 2 fully saturated rings. The first-order valence-corrected chi connectivity index (χ1v) is 8.98. The Morgan fingerprint density at radius 1 is 1.17 bits per heavy atom. The number of methoxy groups -OCH3 is 1. The second kappa shape index (κ2) is 7.69. The smallest absolute Gasteiger partial charge is 0.227 e. The number of amides is 2. The van der Waals surface area contributed by atoms with Crippen LogP contribution in [0.5, 0.6) is 5.75 Å². The third kappa shape index (κ3) is 3.71. The predicted octanol–water partition coefficient (Wildman–Crippen LogP) is 3.73. The van der Waals surface area contributed by atoms with Gasteiger partial charge in [0.1, 0.15) is 5.75 Å². The molecular formula is C19H26N2O3. The molecule has 0 bridgehead atoms. The first kappa shape index (κ1) is 16.8. The molecule has 24 heavy (non-hydrogen) atoms. The van der Waals surface area contributed by atoms with Gasteiger partial charge in [-0.05, 0) is 43.9 Å². The van der Waals surface area contributed by atoms with Crippen LogP contribution in [0.15, 0.2) is 18.2 Å². The van der Waals surface area contributed by atoms with Crippen LogP contribution in [-0.4, -0.2) is 25.5 Å². The molecule has 5 nitrogen and oxygen atoms in total. The van der Waals surface area contributed by atoms with Gasteiger partial charge in [0.15, 0.2) is 0 Å². The van der Waals surface area contributed by atoms with Gasteiger partial charge in [-0.3, -0.25) is 9.59 Å². The van der Waals surface area contributed by atoms with Gasteiger partial charge < -0.3 is 15.0 Å². The van der Waals surface area contributed by atoms with Crippen molar-refractivity contribution >= 4 is 23.2 Å². The van der Waals surface area contributed by atoms with E-state index in [-0.39, 0.29) is 17.7 Å². The van der Waals surface area contributed by atoms with Crippen molar-refractivity contribution in [2.75, 3.05) is 23.9 Å². The van der Waals surface area contributed by atoms with Crippen molar-refractivity contribution in [1.29, 1.82) is 0 Å². The van der Waals surface area contributed by atoms with Crippen molar-refractivity contribution in [1.82, 2.24) is 0 Å². The van der Waals surface area contributed by atoms with Crippen LogP contribution < -0.4 is 15.0 Å². The number of hydrogen-bond donors (Lipinski definition) is 1. The maximum absolute atomic E-state index is 12.5. The molecule has 0 unspecified atom stereocenters. The molecule has 1 aliphatic heterocycles. The average Bonchev–Trinajstić information content (AvgIpc) is 2.63. The van der Waals surface area contributed by atoms with Gasteiger partial charge in [0.2, 0.25) is 11.8 Å². The lowest BCUT2D eigenvalue weighted by Crippen LogP contribution is -2.35. The number of hydrogen-bond acceptors (Lipinski definition) is 3. The van der Waals surface area contributed by atoms with Crippen LogP contribution in [-0.2, 0) is 9.59 Å². The monoisotopic (exact) mass is 330 g/mol. The Kier molecular flexibility index (Phi) is 5.38. The van der Waals surface area contributed by atoms with Gasteiger partial charge in [-0.25, -0.2) is 0 Å². The second-order valence-electron chi connectivity index (χ2n) is 6.71. The average molecular weight is 330 g/mol. The Morgan fingerprint density at radius 3 is 2.67 bits per heavy atom. The summed E-state index contributed by atoms with van der Waals surface area (Å²) in [4.78, 5) is 26.5. The van der Waals surface area contributed by atoms with E-state index in [1.165, 1.54) is 6.42 Å². The number of ether oxygens (including phenoxy) is 1. The third-order valence-electron chi connectivity index (χ3n) is 5.04. The van der Waals surface area contributed by atoms with E-state index >= 15 is 0 Å². The van der Waals surface area contributed by atoms with E-state index in [0.29, 0.717) is 18.7 Å². The number of nitrogens with zero attached hydrogens (tertiary/aromatic N) is 1. The number of piperidine rings is 1. The highest BCUT2D eigenvalue weighted by Crippen LogP contribution is 2.34. The fourth-order valence-corrected chi connectivity index (χ4v) is 3.65. The first-order chi connectivity index (χ1) is 11.7. The molecule has 2 amide bonds. The lowest BCUT2D eigenvalue weighted by molar-refractivity contribution is -0.121. The van der Waals surface area contributed by atoms with Gasteiger partial charge in [-0.2, -0.15) is 0 Å². The van der Waals surface area contributed by atoms with Crippen molar-refractivity contribution in [2.45, 2.75) is 51.4 Å². The van der Waals surface area contributed by atoms with E-state index < -0.39 is 0 Å². The number of carbonyl (C=O) groups is 2. The summed E-state index contributed by atoms with van der Waals surface area (Å²) in [7, 11) is 1.60. The van der Waals surface area contributed by atoms with Crippen molar-refractivity contribution in [3.05, 3.63) is 18.2 Å². The van der Waals surface area contributed by atoms with E-state index in [4.69, 9.17) is 4.74 Å². The second-order valence-corrected chi connectivity index (χ2v) is 6.71. The molecule has 2 aliphatic rings. The van der Waals surface area contributed by atoms with Gasteiger partial charge >= 0.3 is 0 Å². The van der Waals surface area contributed by atoms with E-state index in [1.54, 1.807) is 12.0 Å². The summed E-state index contributed by atoms with van der Waals surface area (Å²) in [6.45, 7) is 0.704. The Labute approximate surface area is 143 Å². The van der Waals surface area contributed by atoms with Crippen LogP contribution in [0, 0.1) is 5.92 Å². The zero-order valence-corrected chi connectivity index (χ0v) is 14.3. The quantitative estimate of drug-likeness (QED) is 0.915. The molecule has 1 aromatic carbocycles. The fraction of sp³-hybridized carbons (Fsp3) is 0.579. The number of anilines is 2. The molecule has 1 aliphatic carbocycles.